The van der Waals surface area contributed by atoms with Crippen LogP contribution in [0.4, 0.5) is 0 Å². The summed E-state index contributed by atoms with van der Waals surface area (Å²) in [6.07, 6.45) is 0. The van der Waals surface area contributed by atoms with Crippen LogP contribution in [0.25, 0.3) is 9.88 Å². The maximum Gasteiger partial charge on any atom is 0.358 e. The number of carbonyl (C=O) groups is 2. The van der Waals surface area contributed by atoms with E-state index >= 15 is 0 Å². The average Bonchev–Trinajstić information content (AvgIpc) is 3.35. The Balaban J connectivity index is 1.37. The van der Waals surface area contributed by atoms with Crippen LogP contribution in [0.1, 0.15) is 10.5 Å². The van der Waals surface area contributed by atoms with Crippen LogP contribution < -0.4 is 5.32 Å². The van der Waals surface area contributed by atoms with Crippen molar-refractivity contribution in [2.45, 2.75) is 4.90 Å². The van der Waals surface area contributed by atoms with E-state index in [2.05, 4.69) is 10.3 Å². The molecule has 0 saturated heterocycles. The highest BCUT2D eigenvalue weighted by Crippen LogP contribution is 2.27. The number of nitrogens with one attached hydrogen (secondary N) is 1. The van der Waals surface area contributed by atoms with E-state index in [-0.39, 0.29) is 18.2 Å². The predicted molar refractivity (Wildman–Crippen MR) is 106 cm³/mol. The molecule has 0 aliphatic heterocycles. The summed E-state index contributed by atoms with van der Waals surface area (Å²) in [4.78, 5) is 30.2. The van der Waals surface area contributed by atoms with Crippen LogP contribution in [0.15, 0.2) is 58.1 Å². The van der Waals surface area contributed by atoms with Crippen LogP contribution in [0, 0.1) is 0 Å². The van der Waals surface area contributed by atoms with Gasteiger partial charge in [0, 0.05) is 22.6 Å². The van der Waals surface area contributed by atoms with Gasteiger partial charge in [0.25, 0.3) is 5.91 Å². The molecule has 8 heteroatoms. The third-order valence-electron chi connectivity index (χ3n) is 3.22. The maximum atomic E-state index is 12.0. The first-order valence-electron chi connectivity index (χ1n) is 7.83. The smallest absolute Gasteiger partial charge is 0.358 e. The summed E-state index contributed by atoms with van der Waals surface area (Å²) in [6, 6.07) is 13.8. The van der Waals surface area contributed by atoms with E-state index in [1.807, 2.05) is 47.8 Å². The molecule has 0 saturated carbocycles. The van der Waals surface area contributed by atoms with Gasteiger partial charge in [-0.3, -0.25) is 4.79 Å². The monoisotopic (exact) mass is 404 g/mol. The quantitative estimate of drug-likeness (QED) is 0.350. The molecule has 0 aliphatic rings. The van der Waals surface area contributed by atoms with Crippen LogP contribution in [-0.4, -0.2) is 35.8 Å². The Kier molecular flexibility index (Phi) is 6.82. The number of hydrogen-bond donors (Lipinski definition) is 1. The second-order valence-electron chi connectivity index (χ2n) is 5.10. The SMILES string of the molecule is O=C(COC(=O)c1csc(-c2cccs2)n1)NCCSc1ccccc1. The number of hydrogen-bond acceptors (Lipinski definition) is 7. The lowest BCUT2D eigenvalue weighted by Gasteiger charge is -2.05. The highest BCUT2D eigenvalue weighted by Gasteiger charge is 2.15. The van der Waals surface area contributed by atoms with E-state index in [9.17, 15) is 9.59 Å². The number of rotatable bonds is 8. The molecule has 134 valence electrons. The number of amides is 1. The number of esters is 1. The minimum atomic E-state index is -0.585. The number of thioether (sulfide) groups is 1. The molecule has 1 N–H and O–H groups in total. The summed E-state index contributed by atoms with van der Waals surface area (Å²) in [5.74, 6) is -0.154. The largest absolute Gasteiger partial charge is 0.451 e. The van der Waals surface area contributed by atoms with E-state index in [1.54, 1.807) is 28.5 Å². The Morgan fingerprint density at radius 1 is 1.12 bits per heavy atom. The van der Waals surface area contributed by atoms with Gasteiger partial charge in [0.15, 0.2) is 12.3 Å². The van der Waals surface area contributed by atoms with E-state index in [4.69, 9.17) is 4.74 Å². The molecule has 2 aromatic heterocycles. The lowest BCUT2D eigenvalue weighted by Crippen LogP contribution is -2.30. The van der Waals surface area contributed by atoms with Crippen LogP contribution in [0.5, 0.6) is 0 Å². The zero-order valence-corrected chi connectivity index (χ0v) is 16.2. The van der Waals surface area contributed by atoms with Gasteiger partial charge < -0.3 is 10.1 Å². The minimum absolute atomic E-state index is 0.228. The number of nitrogens with zero attached hydrogens (tertiary/aromatic N) is 1. The molecule has 0 aliphatic carbocycles. The van der Waals surface area contributed by atoms with Crippen molar-refractivity contribution in [1.29, 1.82) is 0 Å². The third kappa shape index (κ3) is 5.42. The summed E-state index contributed by atoms with van der Waals surface area (Å²) in [5.41, 5.74) is 0.228. The van der Waals surface area contributed by atoms with Crippen molar-refractivity contribution in [1.82, 2.24) is 10.3 Å². The minimum Gasteiger partial charge on any atom is -0.451 e. The fourth-order valence-electron chi connectivity index (χ4n) is 2.01. The molecular formula is C18H16N2O3S3. The van der Waals surface area contributed by atoms with Gasteiger partial charge in [-0.15, -0.1) is 34.4 Å². The Morgan fingerprint density at radius 3 is 2.73 bits per heavy atom. The van der Waals surface area contributed by atoms with E-state index in [0.29, 0.717) is 6.54 Å². The Labute approximate surface area is 163 Å². The summed E-state index contributed by atoms with van der Waals surface area (Å²) in [7, 11) is 0. The van der Waals surface area contributed by atoms with Gasteiger partial charge in [-0.1, -0.05) is 24.3 Å². The first-order chi connectivity index (χ1) is 12.7. The normalized spacial score (nSPS) is 10.5. The van der Waals surface area contributed by atoms with E-state index in [1.165, 1.54) is 11.3 Å². The molecule has 26 heavy (non-hydrogen) atoms. The van der Waals surface area contributed by atoms with Crippen molar-refractivity contribution < 1.29 is 14.3 Å². The summed E-state index contributed by atoms with van der Waals surface area (Å²) in [6.45, 7) is 0.204. The molecule has 0 radical (unpaired) electrons. The van der Waals surface area contributed by atoms with E-state index in [0.717, 1.165) is 20.5 Å². The summed E-state index contributed by atoms with van der Waals surface area (Å²) in [5, 5.41) is 7.10. The predicted octanol–water partition coefficient (Wildman–Crippen LogP) is 3.94. The fraction of sp³-hybridized carbons (Fsp3) is 0.167. The molecule has 0 fully saturated rings. The molecule has 1 aromatic carbocycles. The molecule has 3 rings (SSSR count). The number of thiazole rings is 1. The number of carbonyl (C=O) groups excluding carboxylic acids is 2. The molecule has 3 aromatic rings. The molecule has 5 nitrogen and oxygen atoms in total. The van der Waals surface area contributed by atoms with Crippen LogP contribution in [0.3, 0.4) is 0 Å². The Hall–Kier alpha value is -2.16. The molecule has 0 spiro atoms. The molecule has 0 unspecified atom stereocenters. The number of benzene rings is 1. The van der Waals surface area contributed by atoms with Gasteiger partial charge >= 0.3 is 5.97 Å². The lowest BCUT2D eigenvalue weighted by molar-refractivity contribution is -0.124. The molecule has 2 heterocycles. The molecular weight excluding hydrogens is 388 g/mol. The van der Waals surface area contributed by atoms with Crippen molar-refractivity contribution in [2.75, 3.05) is 18.9 Å². The molecule has 1 amide bonds. The topological polar surface area (TPSA) is 68.3 Å². The zero-order valence-electron chi connectivity index (χ0n) is 13.7. The molecule has 0 bridgehead atoms. The lowest BCUT2D eigenvalue weighted by atomic mass is 10.4. The van der Waals surface area contributed by atoms with Gasteiger partial charge in [0.1, 0.15) is 5.01 Å². The first-order valence-corrected chi connectivity index (χ1v) is 10.6. The van der Waals surface area contributed by atoms with Crippen molar-refractivity contribution in [2.24, 2.45) is 0 Å². The molecule has 0 atom stereocenters. The van der Waals surface area contributed by atoms with Gasteiger partial charge in [-0.2, -0.15) is 0 Å². The Bertz CT molecular complexity index is 848. The fourth-order valence-corrected chi connectivity index (χ4v) is 4.41. The van der Waals surface area contributed by atoms with Crippen molar-refractivity contribution >= 4 is 46.3 Å². The summed E-state index contributed by atoms with van der Waals surface area (Å²) < 4.78 is 5.03. The Morgan fingerprint density at radius 2 is 1.96 bits per heavy atom. The first kappa shape index (κ1) is 18.6. The second-order valence-corrected chi connectivity index (χ2v) is 8.08. The van der Waals surface area contributed by atoms with Gasteiger partial charge in [0.05, 0.1) is 4.88 Å². The zero-order chi connectivity index (χ0) is 18.2. The number of aromatic nitrogens is 1. The maximum absolute atomic E-state index is 12.0. The van der Waals surface area contributed by atoms with Crippen LogP contribution >= 0.6 is 34.4 Å². The van der Waals surface area contributed by atoms with Gasteiger partial charge in [0.2, 0.25) is 0 Å². The van der Waals surface area contributed by atoms with E-state index < -0.39 is 5.97 Å². The van der Waals surface area contributed by atoms with Crippen molar-refractivity contribution in [3.8, 4) is 9.88 Å². The summed E-state index contributed by atoms with van der Waals surface area (Å²) >= 11 is 4.59. The van der Waals surface area contributed by atoms with Crippen molar-refractivity contribution in [3.05, 3.63) is 58.9 Å². The van der Waals surface area contributed by atoms with Crippen LogP contribution in [-0.2, 0) is 9.53 Å². The van der Waals surface area contributed by atoms with Gasteiger partial charge in [-0.25, -0.2) is 9.78 Å². The number of ether oxygens (including phenoxy) is 1. The standard InChI is InChI=1S/C18H16N2O3S3/c21-16(19-8-10-24-13-5-2-1-3-6-13)11-23-18(22)14-12-26-17(20-14)15-7-4-9-25-15/h1-7,9,12H,8,10-11H2,(H,19,21). The highest BCUT2D eigenvalue weighted by atomic mass is 32.2. The van der Waals surface area contributed by atoms with Gasteiger partial charge in [-0.05, 0) is 23.6 Å². The number of thiophene rings is 1. The van der Waals surface area contributed by atoms with Crippen LogP contribution in [0.2, 0.25) is 0 Å². The van der Waals surface area contributed by atoms with Crippen molar-refractivity contribution in [3.63, 3.8) is 0 Å². The third-order valence-corrected chi connectivity index (χ3v) is 6.11. The highest BCUT2D eigenvalue weighted by molar-refractivity contribution is 7.99. The average molecular weight is 405 g/mol. The second kappa shape index (κ2) is 9.51.